The van der Waals surface area contributed by atoms with Crippen molar-refractivity contribution in [2.45, 2.75) is 0 Å². The molecule has 0 saturated heterocycles. The molecule has 0 saturated carbocycles. The average molecular weight is 138 g/mol. The lowest BCUT2D eigenvalue weighted by Gasteiger charge is -1.91. The molecule has 0 fully saturated rings. The van der Waals surface area contributed by atoms with E-state index >= 15 is 0 Å². The molecule has 54 valence electrons. The molecule has 0 unspecified atom stereocenters. The molecule has 0 aromatic heterocycles. The van der Waals surface area contributed by atoms with E-state index in [0.29, 0.717) is 6.54 Å². The number of amides is 1. The number of aliphatic imine (C=N–C) groups is 1. The quantitative estimate of drug-likeness (QED) is 0.437. The Hall–Kier alpha value is -1.34. The van der Waals surface area contributed by atoms with Crippen molar-refractivity contribution < 1.29 is 4.79 Å². The minimum Gasteiger partial charge on any atom is -0.348 e. The highest BCUT2D eigenvalue weighted by atomic mass is 16.1. The van der Waals surface area contributed by atoms with Crippen LogP contribution in [0.1, 0.15) is 0 Å². The molecule has 1 amide bonds. The lowest BCUT2D eigenvalue weighted by atomic mass is 10.5. The second-order valence-corrected chi connectivity index (χ2v) is 1.51. The monoisotopic (exact) mass is 138 g/mol. The minimum absolute atomic E-state index is 0.186. The Kier molecular flexibility index (Phi) is 5.01. The molecule has 0 aliphatic heterocycles. The van der Waals surface area contributed by atoms with Gasteiger partial charge in [-0.05, 0) is 18.0 Å². The fourth-order valence-corrected chi connectivity index (χ4v) is 0.361. The van der Waals surface area contributed by atoms with Crippen molar-refractivity contribution in [2.75, 3.05) is 13.6 Å². The molecule has 10 heavy (non-hydrogen) atoms. The lowest BCUT2D eigenvalue weighted by molar-refractivity contribution is -0.116. The smallest absolute Gasteiger partial charge is 0.243 e. The van der Waals surface area contributed by atoms with E-state index in [4.69, 9.17) is 0 Å². The number of rotatable bonds is 3. The predicted molar refractivity (Wildman–Crippen MR) is 41.1 cm³/mol. The van der Waals surface area contributed by atoms with Gasteiger partial charge in [-0.2, -0.15) is 0 Å². The van der Waals surface area contributed by atoms with Gasteiger partial charge in [0.1, 0.15) is 0 Å². The van der Waals surface area contributed by atoms with Gasteiger partial charge in [-0.15, -0.1) is 0 Å². The van der Waals surface area contributed by atoms with Gasteiger partial charge < -0.3 is 5.32 Å². The maximum Gasteiger partial charge on any atom is 0.243 e. The third kappa shape index (κ3) is 4.81. The van der Waals surface area contributed by atoms with Crippen LogP contribution in [0.3, 0.4) is 0 Å². The second-order valence-electron chi connectivity index (χ2n) is 1.51. The summed E-state index contributed by atoms with van der Waals surface area (Å²) in [5.41, 5.74) is 0. The molecule has 0 heterocycles. The molecule has 0 radical (unpaired) electrons. The van der Waals surface area contributed by atoms with E-state index in [1.807, 2.05) is 0 Å². The van der Waals surface area contributed by atoms with Crippen LogP contribution >= 0.6 is 0 Å². The van der Waals surface area contributed by atoms with Crippen LogP contribution in [0.4, 0.5) is 0 Å². The van der Waals surface area contributed by atoms with Gasteiger partial charge in [-0.1, -0.05) is 6.58 Å². The van der Waals surface area contributed by atoms with Crippen molar-refractivity contribution in [3.8, 4) is 0 Å². The largest absolute Gasteiger partial charge is 0.348 e. The first kappa shape index (κ1) is 8.66. The summed E-state index contributed by atoms with van der Waals surface area (Å²) in [5.74, 6) is 2.39. The molecule has 0 rings (SSSR count). The highest BCUT2D eigenvalue weighted by molar-refractivity contribution is 5.87. The Bertz CT molecular complexity index is 178. The minimum atomic E-state index is -0.186. The fraction of sp³-hybridized carbons (Fsp3) is 0.286. The summed E-state index contributed by atoms with van der Waals surface area (Å²) in [5, 5.41) is 2.53. The van der Waals surface area contributed by atoms with Crippen molar-refractivity contribution in [3.63, 3.8) is 0 Å². The molecule has 0 aromatic rings. The van der Waals surface area contributed by atoms with Crippen LogP contribution in [-0.4, -0.2) is 25.4 Å². The average Bonchev–Trinajstić information content (AvgIpc) is 1.98. The maximum atomic E-state index is 10.5. The molecule has 0 aliphatic rings. The van der Waals surface area contributed by atoms with Crippen LogP contribution in [0, 0.1) is 0 Å². The van der Waals surface area contributed by atoms with Gasteiger partial charge in [0.25, 0.3) is 0 Å². The Morgan fingerprint density at radius 1 is 1.90 bits per heavy atom. The Balaban J connectivity index is 3.46. The van der Waals surface area contributed by atoms with Crippen molar-refractivity contribution in [3.05, 3.63) is 18.7 Å². The van der Waals surface area contributed by atoms with Crippen molar-refractivity contribution in [1.82, 2.24) is 5.32 Å². The molecular formula is C7H10N2O. The molecule has 3 nitrogen and oxygen atoms in total. The Labute approximate surface area is 60.2 Å². The van der Waals surface area contributed by atoms with E-state index in [9.17, 15) is 4.79 Å². The predicted octanol–water partition coefficient (Wildman–Crippen LogP) is 0.144. The molecule has 0 aliphatic carbocycles. The summed E-state index contributed by atoms with van der Waals surface area (Å²) in [6.45, 7) is 3.74. The standard InChI is InChI=1S/C7H10N2O/c1-3-7(10)9-6-4-5-8-2/h3-4H,1,6H2,2H3,(H,9,10). The highest BCUT2D eigenvalue weighted by Gasteiger charge is 1.86. The molecule has 0 bridgehead atoms. The molecule has 0 aromatic carbocycles. The van der Waals surface area contributed by atoms with Crippen molar-refractivity contribution in [2.24, 2.45) is 4.99 Å². The summed E-state index contributed by atoms with van der Waals surface area (Å²) in [7, 11) is 1.62. The Morgan fingerprint density at radius 3 is 3.10 bits per heavy atom. The van der Waals surface area contributed by atoms with E-state index in [2.05, 4.69) is 22.8 Å². The van der Waals surface area contributed by atoms with Gasteiger partial charge in [0.2, 0.25) is 5.91 Å². The number of nitrogens with one attached hydrogen (secondary N) is 1. The van der Waals surface area contributed by atoms with E-state index < -0.39 is 0 Å². The van der Waals surface area contributed by atoms with Crippen LogP contribution < -0.4 is 5.32 Å². The SMILES string of the molecule is C=CC(=O)NCC=C=NC. The van der Waals surface area contributed by atoms with E-state index in [1.165, 1.54) is 6.08 Å². The third-order valence-corrected chi connectivity index (χ3v) is 0.784. The first-order chi connectivity index (χ1) is 4.81. The topological polar surface area (TPSA) is 41.5 Å². The number of hydrogen-bond donors (Lipinski definition) is 1. The van der Waals surface area contributed by atoms with Crippen LogP contribution in [0.2, 0.25) is 0 Å². The van der Waals surface area contributed by atoms with E-state index in [1.54, 1.807) is 13.1 Å². The molecule has 1 N–H and O–H groups in total. The zero-order valence-electron chi connectivity index (χ0n) is 5.92. The van der Waals surface area contributed by atoms with Crippen LogP contribution in [0.25, 0.3) is 0 Å². The zero-order chi connectivity index (χ0) is 7.82. The number of nitrogens with zero attached hydrogens (tertiary/aromatic N) is 1. The van der Waals surface area contributed by atoms with Gasteiger partial charge in [0, 0.05) is 13.6 Å². The van der Waals surface area contributed by atoms with Crippen LogP contribution in [0.15, 0.2) is 23.7 Å². The molecule has 0 spiro atoms. The van der Waals surface area contributed by atoms with Gasteiger partial charge in [0.05, 0.1) is 0 Å². The van der Waals surface area contributed by atoms with E-state index in [0.717, 1.165) is 0 Å². The lowest BCUT2D eigenvalue weighted by Crippen LogP contribution is -2.20. The first-order valence-electron chi connectivity index (χ1n) is 2.87. The summed E-state index contributed by atoms with van der Waals surface area (Å²) >= 11 is 0. The van der Waals surface area contributed by atoms with Gasteiger partial charge in [-0.25, -0.2) is 4.99 Å². The van der Waals surface area contributed by atoms with Crippen LogP contribution in [0.5, 0.6) is 0 Å². The van der Waals surface area contributed by atoms with Gasteiger partial charge >= 0.3 is 0 Å². The number of carbonyl (C=O) groups is 1. The third-order valence-electron chi connectivity index (χ3n) is 0.784. The number of hydrogen-bond acceptors (Lipinski definition) is 2. The molecular weight excluding hydrogens is 128 g/mol. The fourth-order valence-electron chi connectivity index (χ4n) is 0.361. The van der Waals surface area contributed by atoms with Gasteiger partial charge in [-0.3, -0.25) is 4.79 Å². The summed E-state index contributed by atoms with van der Waals surface area (Å²) < 4.78 is 0. The summed E-state index contributed by atoms with van der Waals surface area (Å²) in [6, 6.07) is 0. The first-order valence-corrected chi connectivity index (χ1v) is 2.87. The molecule has 0 atom stereocenters. The normalized spacial score (nSPS) is 7.30. The maximum absolute atomic E-state index is 10.5. The van der Waals surface area contributed by atoms with Crippen molar-refractivity contribution >= 4 is 11.8 Å². The molecule has 3 heteroatoms. The van der Waals surface area contributed by atoms with Gasteiger partial charge in [0.15, 0.2) is 0 Å². The number of carbonyl (C=O) groups excluding carboxylic acids is 1. The van der Waals surface area contributed by atoms with E-state index in [-0.39, 0.29) is 5.91 Å². The summed E-state index contributed by atoms with van der Waals surface area (Å²) in [6.07, 6.45) is 2.85. The Morgan fingerprint density at radius 2 is 2.60 bits per heavy atom. The summed E-state index contributed by atoms with van der Waals surface area (Å²) in [4.78, 5) is 14.0. The second kappa shape index (κ2) is 5.79. The van der Waals surface area contributed by atoms with Crippen LogP contribution in [-0.2, 0) is 4.79 Å². The zero-order valence-corrected chi connectivity index (χ0v) is 5.92. The van der Waals surface area contributed by atoms with Crippen molar-refractivity contribution in [1.29, 1.82) is 0 Å². The highest BCUT2D eigenvalue weighted by Crippen LogP contribution is 1.65.